The first-order valence-electron chi connectivity index (χ1n) is 7.99. The summed E-state index contributed by atoms with van der Waals surface area (Å²) in [6.45, 7) is 6.10. The number of aromatic amines is 1. The van der Waals surface area contributed by atoms with Crippen molar-refractivity contribution in [1.82, 2.24) is 15.6 Å². The summed E-state index contributed by atoms with van der Waals surface area (Å²) in [6, 6.07) is 5.16. The molecular formula is C18H24N4O4. The quantitative estimate of drug-likeness (QED) is 0.609. The van der Waals surface area contributed by atoms with Crippen LogP contribution in [-0.4, -0.2) is 43.6 Å². The van der Waals surface area contributed by atoms with Gasteiger partial charge in [-0.3, -0.25) is 9.89 Å². The minimum Gasteiger partial charge on any atom is -0.493 e. The summed E-state index contributed by atoms with van der Waals surface area (Å²) < 4.78 is 15.8. The number of carbonyl (C=O) groups excluding carboxylic acids is 1. The maximum absolute atomic E-state index is 12.1. The number of aromatic nitrogens is 2. The van der Waals surface area contributed by atoms with Crippen molar-refractivity contribution in [2.75, 3.05) is 21.3 Å². The lowest BCUT2D eigenvalue weighted by Gasteiger charge is -2.14. The zero-order valence-electron chi connectivity index (χ0n) is 15.8. The number of hydrogen-bond acceptors (Lipinski definition) is 6. The molecule has 0 atom stereocenters. The highest BCUT2D eigenvalue weighted by atomic mass is 16.5. The lowest BCUT2D eigenvalue weighted by molar-refractivity contribution is 0.0950. The molecule has 2 N–H and O–H groups in total. The Balaban J connectivity index is 2.13. The highest BCUT2D eigenvalue weighted by molar-refractivity contribution is 5.93. The fourth-order valence-electron chi connectivity index (χ4n) is 2.22. The molecule has 140 valence electrons. The van der Waals surface area contributed by atoms with Gasteiger partial charge in [0.05, 0.1) is 27.5 Å². The van der Waals surface area contributed by atoms with E-state index in [2.05, 4.69) is 20.7 Å². The summed E-state index contributed by atoms with van der Waals surface area (Å²) in [5.41, 5.74) is 4.16. The Morgan fingerprint density at radius 3 is 2.19 bits per heavy atom. The minimum atomic E-state index is -0.402. The van der Waals surface area contributed by atoms with E-state index in [4.69, 9.17) is 14.2 Å². The molecule has 1 aromatic carbocycles. The average Bonchev–Trinajstić information content (AvgIpc) is 3.11. The first-order chi connectivity index (χ1) is 12.3. The van der Waals surface area contributed by atoms with Crippen molar-refractivity contribution in [1.29, 1.82) is 0 Å². The molecule has 0 spiro atoms. The first-order valence-corrected chi connectivity index (χ1v) is 7.99. The van der Waals surface area contributed by atoms with Crippen LogP contribution in [0.25, 0.3) is 0 Å². The molecule has 1 heterocycles. The molecular weight excluding hydrogens is 336 g/mol. The number of benzene rings is 1. The highest BCUT2D eigenvalue weighted by Gasteiger charge is 2.19. The van der Waals surface area contributed by atoms with Gasteiger partial charge in [-0.1, -0.05) is 20.8 Å². The first kappa shape index (κ1) is 19.3. The Kier molecular flexibility index (Phi) is 5.86. The van der Waals surface area contributed by atoms with Crippen LogP contribution < -0.4 is 19.6 Å². The van der Waals surface area contributed by atoms with Gasteiger partial charge in [-0.2, -0.15) is 10.2 Å². The monoisotopic (exact) mass is 360 g/mol. The predicted octanol–water partition coefficient (Wildman–Crippen LogP) is 2.50. The Bertz CT molecular complexity index is 781. The second-order valence-corrected chi connectivity index (χ2v) is 6.57. The summed E-state index contributed by atoms with van der Waals surface area (Å²) in [7, 11) is 4.60. The molecule has 0 radical (unpaired) electrons. The summed E-state index contributed by atoms with van der Waals surface area (Å²) in [4.78, 5) is 12.1. The second kappa shape index (κ2) is 7.90. The van der Waals surface area contributed by atoms with Gasteiger partial charge in [0, 0.05) is 16.7 Å². The van der Waals surface area contributed by atoms with Crippen LogP contribution >= 0.6 is 0 Å². The third kappa shape index (κ3) is 4.33. The lowest BCUT2D eigenvalue weighted by Crippen LogP contribution is -2.18. The Morgan fingerprint density at radius 2 is 1.73 bits per heavy atom. The van der Waals surface area contributed by atoms with E-state index in [1.807, 2.05) is 20.8 Å². The molecule has 0 aliphatic rings. The van der Waals surface area contributed by atoms with Gasteiger partial charge in [0.2, 0.25) is 5.75 Å². The fourth-order valence-corrected chi connectivity index (χ4v) is 2.22. The molecule has 0 bridgehead atoms. The summed E-state index contributed by atoms with van der Waals surface area (Å²) in [6.07, 6.45) is 1.49. The summed E-state index contributed by atoms with van der Waals surface area (Å²) >= 11 is 0. The number of rotatable bonds is 6. The molecule has 8 heteroatoms. The van der Waals surface area contributed by atoms with E-state index >= 15 is 0 Å². The third-order valence-corrected chi connectivity index (χ3v) is 3.69. The van der Waals surface area contributed by atoms with Crippen molar-refractivity contribution in [3.8, 4) is 17.2 Å². The van der Waals surface area contributed by atoms with Crippen molar-refractivity contribution in [2.24, 2.45) is 5.10 Å². The molecule has 0 aliphatic heterocycles. The van der Waals surface area contributed by atoms with E-state index in [0.717, 1.165) is 5.69 Å². The van der Waals surface area contributed by atoms with Crippen LogP contribution in [-0.2, 0) is 5.41 Å². The normalized spacial score (nSPS) is 11.5. The van der Waals surface area contributed by atoms with Gasteiger partial charge in [0.25, 0.3) is 5.91 Å². The van der Waals surface area contributed by atoms with Gasteiger partial charge in [0.1, 0.15) is 0 Å². The van der Waals surface area contributed by atoms with Crippen molar-refractivity contribution in [3.63, 3.8) is 0 Å². The molecule has 1 amide bonds. The smallest absolute Gasteiger partial charge is 0.291 e. The van der Waals surface area contributed by atoms with Crippen molar-refractivity contribution in [3.05, 3.63) is 35.2 Å². The Labute approximate surface area is 152 Å². The summed E-state index contributed by atoms with van der Waals surface area (Å²) in [5, 5.41) is 10.9. The van der Waals surface area contributed by atoms with E-state index < -0.39 is 5.91 Å². The molecule has 0 fully saturated rings. The largest absolute Gasteiger partial charge is 0.493 e. The van der Waals surface area contributed by atoms with Crippen LogP contribution in [0.1, 0.15) is 42.5 Å². The summed E-state index contributed by atoms with van der Waals surface area (Å²) in [5.74, 6) is 1.09. The van der Waals surface area contributed by atoms with E-state index in [9.17, 15) is 4.79 Å². The number of nitrogens with zero attached hydrogens (tertiary/aromatic N) is 2. The van der Waals surface area contributed by atoms with Gasteiger partial charge < -0.3 is 14.2 Å². The van der Waals surface area contributed by atoms with E-state index in [0.29, 0.717) is 22.8 Å². The van der Waals surface area contributed by atoms with Crippen LogP contribution in [0.5, 0.6) is 17.2 Å². The van der Waals surface area contributed by atoms with Crippen LogP contribution in [0.15, 0.2) is 23.3 Å². The maximum atomic E-state index is 12.1. The van der Waals surface area contributed by atoms with E-state index in [1.54, 1.807) is 18.2 Å². The minimum absolute atomic E-state index is 0.120. The second-order valence-electron chi connectivity index (χ2n) is 6.57. The third-order valence-electron chi connectivity index (χ3n) is 3.69. The van der Waals surface area contributed by atoms with Crippen LogP contribution in [0, 0.1) is 0 Å². The lowest BCUT2D eigenvalue weighted by atomic mass is 9.92. The average molecular weight is 360 g/mol. The van der Waals surface area contributed by atoms with Crippen LogP contribution in [0.4, 0.5) is 0 Å². The highest BCUT2D eigenvalue weighted by Crippen LogP contribution is 2.37. The van der Waals surface area contributed by atoms with Gasteiger partial charge in [-0.05, 0) is 18.2 Å². The van der Waals surface area contributed by atoms with Crippen molar-refractivity contribution >= 4 is 12.1 Å². The zero-order chi connectivity index (χ0) is 19.3. The van der Waals surface area contributed by atoms with Crippen molar-refractivity contribution < 1.29 is 19.0 Å². The number of ether oxygens (including phenoxy) is 3. The number of nitrogens with one attached hydrogen (secondary N) is 2. The molecule has 2 rings (SSSR count). The number of amides is 1. The topological polar surface area (TPSA) is 97.8 Å². The molecule has 0 saturated heterocycles. The Morgan fingerprint density at radius 1 is 1.12 bits per heavy atom. The Hall–Kier alpha value is -3.03. The van der Waals surface area contributed by atoms with Gasteiger partial charge in [-0.15, -0.1) is 0 Å². The van der Waals surface area contributed by atoms with Gasteiger partial charge in [-0.25, -0.2) is 5.43 Å². The van der Waals surface area contributed by atoms with Crippen LogP contribution in [0.2, 0.25) is 0 Å². The van der Waals surface area contributed by atoms with Crippen LogP contribution in [0.3, 0.4) is 0 Å². The maximum Gasteiger partial charge on any atom is 0.291 e. The molecule has 8 nitrogen and oxygen atoms in total. The zero-order valence-corrected chi connectivity index (χ0v) is 15.8. The number of methoxy groups -OCH3 is 3. The molecule has 2 aromatic rings. The van der Waals surface area contributed by atoms with E-state index in [-0.39, 0.29) is 11.1 Å². The number of hydrazone groups is 1. The number of H-pyrrole nitrogens is 1. The molecule has 0 saturated carbocycles. The molecule has 0 unspecified atom stereocenters. The molecule has 0 aliphatic carbocycles. The number of carbonyl (C=O) groups is 1. The predicted molar refractivity (Wildman–Crippen MR) is 98.4 cm³/mol. The standard InChI is InChI=1S/C18H24N4O4/c1-18(2,3)15-9-12(20-21-15)17(23)22-19-10-11-7-13(24-4)16(26-6)14(8-11)25-5/h7-10H,1-6H3,(H,20,21)(H,22,23)/b19-10-. The van der Waals surface area contributed by atoms with Gasteiger partial charge in [0.15, 0.2) is 17.2 Å². The fraction of sp³-hybridized carbons (Fsp3) is 0.389. The van der Waals surface area contributed by atoms with Crippen molar-refractivity contribution in [2.45, 2.75) is 26.2 Å². The van der Waals surface area contributed by atoms with E-state index in [1.165, 1.54) is 27.5 Å². The van der Waals surface area contributed by atoms with Gasteiger partial charge >= 0.3 is 0 Å². The molecule has 1 aromatic heterocycles. The number of hydrogen-bond donors (Lipinski definition) is 2. The molecule has 26 heavy (non-hydrogen) atoms. The SMILES string of the molecule is COc1cc(/C=N\NC(=O)c2cc(C(C)(C)C)[nH]n2)cc(OC)c1OC.